The lowest BCUT2D eigenvalue weighted by Crippen LogP contribution is -2.43. The van der Waals surface area contributed by atoms with Crippen LogP contribution in [-0.2, 0) is 5.54 Å². The van der Waals surface area contributed by atoms with Crippen LogP contribution in [0, 0.1) is 0 Å². The zero-order valence-corrected chi connectivity index (χ0v) is 11.1. The van der Waals surface area contributed by atoms with Gasteiger partial charge in [-0.1, -0.05) is 15.9 Å². The zero-order valence-electron chi connectivity index (χ0n) is 9.55. The molecular formula is C12H16BrNO2. The van der Waals surface area contributed by atoms with Gasteiger partial charge in [0.05, 0.1) is 14.2 Å². The smallest absolute Gasteiger partial charge is 0.166 e. The van der Waals surface area contributed by atoms with Crippen LogP contribution in [0.15, 0.2) is 16.6 Å². The topological polar surface area (TPSA) is 44.5 Å². The molecule has 0 aliphatic heterocycles. The molecule has 1 aliphatic rings. The number of halogens is 1. The largest absolute Gasteiger partial charge is 0.493 e. The second-order valence-corrected chi connectivity index (χ2v) is 5.02. The predicted molar refractivity (Wildman–Crippen MR) is 67.0 cm³/mol. The third-order valence-electron chi connectivity index (χ3n) is 3.24. The monoisotopic (exact) mass is 285 g/mol. The first-order chi connectivity index (χ1) is 7.62. The molecule has 0 amide bonds. The molecule has 0 aromatic heterocycles. The van der Waals surface area contributed by atoms with Crippen LogP contribution in [-0.4, -0.2) is 14.2 Å². The van der Waals surface area contributed by atoms with Gasteiger partial charge in [0, 0.05) is 15.6 Å². The number of nitrogens with two attached hydrogens (primary N) is 1. The van der Waals surface area contributed by atoms with Crippen molar-refractivity contribution in [1.82, 2.24) is 0 Å². The zero-order chi connectivity index (χ0) is 11.8. The Labute approximate surface area is 104 Å². The Morgan fingerprint density at radius 1 is 1.25 bits per heavy atom. The molecule has 2 N–H and O–H groups in total. The van der Waals surface area contributed by atoms with Gasteiger partial charge in [-0.05, 0) is 31.4 Å². The van der Waals surface area contributed by atoms with Crippen LogP contribution in [0.25, 0.3) is 0 Å². The summed E-state index contributed by atoms with van der Waals surface area (Å²) in [5.41, 5.74) is 7.12. The van der Waals surface area contributed by atoms with Gasteiger partial charge in [0.25, 0.3) is 0 Å². The first-order valence-electron chi connectivity index (χ1n) is 5.32. The molecule has 0 unspecified atom stereocenters. The summed E-state index contributed by atoms with van der Waals surface area (Å²) in [6, 6.07) is 3.85. The Kier molecular flexibility index (Phi) is 3.13. The van der Waals surface area contributed by atoms with E-state index in [-0.39, 0.29) is 5.54 Å². The van der Waals surface area contributed by atoms with Gasteiger partial charge >= 0.3 is 0 Å². The lowest BCUT2D eigenvalue weighted by Gasteiger charge is -2.40. The van der Waals surface area contributed by atoms with E-state index in [0.717, 1.165) is 34.4 Å². The number of benzene rings is 1. The third-order valence-corrected chi connectivity index (χ3v) is 3.90. The fraction of sp³-hybridized carbons (Fsp3) is 0.500. The fourth-order valence-corrected chi connectivity index (χ4v) is 2.88. The summed E-state index contributed by atoms with van der Waals surface area (Å²) >= 11 is 3.55. The van der Waals surface area contributed by atoms with Gasteiger partial charge in [-0.15, -0.1) is 0 Å². The molecule has 0 atom stereocenters. The maximum absolute atomic E-state index is 6.36. The minimum atomic E-state index is -0.265. The predicted octanol–water partition coefficient (Wildman–Crippen LogP) is 2.80. The Hall–Kier alpha value is -0.740. The molecule has 0 spiro atoms. The number of methoxy groups -OCH3 is 2. The molecule has 2 rings (SSSR count). The molecule has 1 aromatic carbocycles. The molecule has 0 saturated heterocycles. The summed E-state index contributed by atoms with van der Waals surface area (Å²) < 4.78 is 11.7. The average molecular weight is 286 g/mol. The summed E-state index contributed by atoms with van der Waals surface area (Å²) in [5.74, 6) is 1.48. The van der Waals surface area contributed by atoms with E-state index in [4.69, 9.17) is 15.2 Å². The van der Waals surface area contributed by atoms with Crippen LogP contribution in [0.5, 0.6) is 11.5 Å². The van der Waals surface area contributed by atoms with Gasteiger partial charge in [0.15, 0.2) is 11.5 Å². The second kappa shape index (κ2) is 4.26. The van der Waals surface area contributed by atoms with Gasteiger partial charge in [0.2, 0.25) is 0 Å². The quantitative estimate of drug-likeness (QED) is 0.929. The highest BCUT2D eigenvalue weighted by molar-refractivity contribution is 9.10. The Morgan fingerprint density at radius 3 is 2.38 bits per heavy atom. The minimum absolute atomic E-state index is 0.265. The number of hydrogen-bond acceptors (Lipinski definition) is 3. The molecule has 4 heteroatoms. The van der Waals surface area contributed by atoms with E-state index in [1.165, 1.54) is 6.42 Å². The van der Waals surface area contributed by atoms with Crippen LogP contribution in [0.3, 0.4) is 0 Å². The van der Waals surface area contributed by atoms with E-state index in [9.17, 15) is 0 Å². The van der Waals surface area contributed by atoms with Crippen LogP contribution < -0.4 is 15.2 Å². The van der Waals surface area contributed by atoms with Gasteiger partial charge in [-0.3, -0.25) is 0 Å². The Bertz CT molecular complexity index is 402. The van der Waals surface area contributed by atoms with E-state index in [0.29, 0.717) is 0 Å². The van der Waals surface area contributed by atoms with E-state index in [2.05, 4.69) is 15.9 Å². The highest BCUT2D eigenvalue weighted by Gasteiger charge is 2.39. The fourth-order valence-electron chi connectivity index (χ4n) is 2.17. The normalized spacial score (nSPS) is 17.8. The van der Waals surface area contributed by atoms with Crippen molar-refractivity contribution in [2.24, 2.45) is 5.73 Å². The SMILES string of the molecule is COc1ccc(Br)c(C2(N)CCC2)c1OC. The van der Waals surface area contributed by atoms with Crippen molar-refractivity contribution in [2.75, 3.05) is 14.2 Å². The molecule has 0 heterocycles. The minimum Gasteiger partial charge on any atom is -0.493 e. The van der Waals surface area contributed by atoms with E-state index in [1.54, 1.807) is 14.2 Å². The molecule has 1 aliphatic carbocycles. The van der Waals surface area contributed by atoms with Crippen molar-refractivity contribution in [2.45, 2.75) is 24.8 Å². The lowest BCUT2D eigenvalue weighted by atomic mass is 9.72. The maximum Gasteiger partial charge on any atom is 0.166 e. The molecule has 16 heavy (non-hydrogen) atoms. The third kappa shape index (κ3) is 1.70. The number of ether oxygens (including phenoxy) is 2. The van der Waals surface area contributed by atoms with Crippen molar-refractivity contribution in [3.05, 3.63) is 22.2 Å². The summed E-state index contributed by atoms with van der Waals surface area (Å²) in [6.07, 6.45) is 3.16. The molecule has 3 nitrogen and oxygen atoms in total. The van der Waals surface area contributed by atoms with Gasteiger partial charge < -0.3 is 15.2 Å². The molecule has 1 saturated carbocycles. The van der Waals surface area contributed by atoms with Crippen molar-refractivity contribution < 1.29 is 9.47 Å². The second-order valence-electron chi connectivity index (χ2n) is 4.17. The van der Waals surface area contributed by atoms with E-state index >= 15 is 0 Å². The number of hydrogen-bond donors (Lipinski definition) is 1. The standard InChI is InChI=1S/C12H16BrNO2/c1-15-9-5-4-8(13)10(11(9)16-2)12(14)6-3-7-12/h4-5H,3,6-7,14H2,1-2H3. The Morgan fingerprint density at radius 2 is 1.94 bits per heavy atom. The van der Waals surface area contributed by atoms with Crippen molar-refractivity contribution in [3.63, 3.8) is 0 Å². The summed E-state index contributed by atoms with van der Waals surface area (Å²) in [4.78, 5) is 0. The summed E-state index contributed by atoms with van der Waals surface area (Å²) in [6.45, 7) is 0. The summed E-state index contributed by atoms with van der Waals surface area (Å²) in [7, 11) is 3.29. The molecule has 0 radical (unpaired) electrons. The average Bonchev–Trinajstić information content (AvgIpc) is 2.25. The van der Waals surface area contributed by atoms with Gasteiger partial charge in [-0.25, -0.2) is 0 Å². The van der Waals surface area contributed by atoms with Crippen LogP contribution >= 0.6 is 15.9 Å². The van der Waals surface area contributed by atoms with Gasteiger partial charge in [-0.2, -0.15) is 0 Å². The van der Waals surface area contributed by atoms with E-state index < -0.39 is 0 Å². The molecule has 88 valence electrons. The van der Waals surface area contributed by atoms with Crippen molar-refractivity contribution in [1.29, 1.82) is 0 Å². The summed E-state index contributed by atoms with van der Waals surface area (Å²) in [5, 5.41) is 0. The van der Waals surface area contributed by atoms with Crippen LogP contribution in [0.4, 0.5) is 0 Å². The molecular weight excluding hydrogens is 270 g/mol. The highest BCUT2D eigenvalue weighted by atomic mass is 79.9. The van der Waals surface area contributed by atoms with Gasteiger partial charge in [0.1, 0.15) is 0 Å². The van der Waals surface area contributed by atoms with Crippen molar-refractivity contribution >= 4 is 15.9 Å². The maximum atomic E-state index is 6.36. The number of rotatable bonds is 3. The first kappa shape index (κ1) is 11.7. The van der Waals surface area contributed by atoms with Crippen molar-refractivity contribution in [3.8, 4) is 11.5 Å². The van der Waals surface area contributed by atoms with E-state index in [1.807, 2.05) is 12.1 Å². The van der Waals surface area contributed by atoms with Crippen LogP contribution in [0.2, 0.25) is 0 Å². The highest BCUT2D eigenvalue weighted by Crippen LogP contribution is 2.49. The molecule has 1 fully saturated rings. The Balaban J connectivity index is 2.56. The lowest BCUT2D eigenvalue weighted by molar-refractivity contribution is 0.239. The molecule has 1 aromatic rings. The molecule has 0 bridgehead atoms. The first-order valence-corrected chi connectivity index (χ1v) is 6.11. The van der Waals surface area contributed by atoms with Crippen LogP contribution in [0.1, 0.15) is 24.8 Å².